The monoisotopic (exact) mass is 534 g/mol. The van der Waals surface area contributed by atoms with Crippen LogP contribution >= 0.6 is 11.3 Å². The van der Waals surface area contributed by atoms with Crippen molar-refractivity contribution in [1.29, 1.82) is 0 Å². The fourth-order valence-electron chi connectivity index (χ4n) is 5.61. The minimum absolute atomic E-state index is 0.0585. The minimum atomic E-state index is 0.0585. The summed E-state index contributed by atoms with van der Waals surface area (Å²) in [6.07, 6.45) is 2.47. The second-order valence-electron chi connectivity index (χ2n) is 9.97. The lowest BCUT2D eigenvalue weighted by atomic mass is 10.0. The van der Waals surface area contributed by atoms with Crippen LogP contribution in [0.3, 0.4) is 0 Å². The topological polar surface area (TPSA) is 113 Å². The van der Waals surface area contributed by atoms with Crippen LogP contribution in [0.4, 0.5) is 5.82 Å². The van der Waals surface area contributed by atoms with Crippen molar-refractivity contribution in [3.8, 4) is 16.2 Å². The van der Waals surface area contributed by atoms with Gasteiger partial charge in [0.1, 0.15) is 17.6 Å². The van der Waals surface area contributed by atoms with Gasteiger partial charge in [-0.05, 0) is 29.5 Å². The lowest BCUT2D eigenvalue weighted by Gasteiger charge is -2.29. The molecule has 2 saturated heterocycles. The van der Waals surface area contributed by atoms with Gasteiger partial charge >= 0.3 is 0 Å². The predicted octanol–water partition coefficient (Wildman–Crippen LogP) is 2.10. The van der Waals surface area contributed by atoms with Crippen LogP contribution in [0.1, 0.15) is 23.7 Å². The summed E-state index contributed by atoms with van der Waals surface area (Å²) in [5.74, 6) is 1.40. The molecule has 2 aliphatic heterocycles. The van der Waals surface area contributed by atoms with Crippen LogP contribution < -0.4 is 21.1 Å². The van der Waals surface area contributed by atoms with Gasteiger partial charge in [-0.3, -0.25) is 14.6 Å². The number of aromatic nitrogens is 3. The molecule has 0 bridgehead atoms. The molecular weight excluding hydrogens is 500 g/mol. The Bertz CT molecular complexity index is 1490. The predicted molar refractivity (Wildman–Crippen MR) is 151 cm³/mol. The zero-order chi connectivity index (χ0) is 26.2. The summed E-state index contributed by atoms with van der Waals surface area (Å²) in [4.78, 5) is 22.4. The second-order valence-corrected chi connectivity index (χ2v) is 11.0. The quantitative estimate of drug-likeness (QED) is 0.331. The standard InChI is InChI=1S/C27H34N8O2S/c1-3-17-10-18-12-22(38-26(18)21(11-17)37-2)24-19(13-34-9-6-30-23(36)15-34)20(14-33-7-4-29-5-8-33)35-25(24)27(28)31-16-32-35/h10-12,16,29H,3-9,13-15H2,1-2H3,(H,30,36)(H2,28,31,32). The van der Waals surface area contributed by atoms with Gasteiger partial charge in [0.05, 0.1) is 24.0 Å². The molecule has 0 saturated carbocycles. The zero-order valence-corrected chi connectivity index (χ0v) is 22.7. The maximum atomic E-state index is 12.3. The Kier molecular flexibility index (Phi) is 6.91. The van der Waals surface area contributed by atoms with Gasteiger partial charge in [0.25, 0.3) is 0 Å². The van der Waals surface area contributed by atoms with Crippen molar-refractivity contribution in [2.45, 2.75) is 26.4 Å². The van der Waals surface area contributed by atoms with Gasteiger partial charge in [0, 0.05) is 68.4 Å². The van der Waals surface area contributed by atoms with Gasteiger partial charge in [-0.1, -0.05) is 13.0 Å². The molecule has 1 aromatic carbocycles. The number of nitrogen functional groups attached to an aromatic ring is 1. The van der Waals surface area contributed by atoms with Crippen LogP contribution in [0.15, 0.2) is 24.5 Å². The largest absolute Gasteiger partial charge is 0.495 e. The Labute approximate surface area is 225 Å². The van der Waals surface area contributed by atoms with E-state index in [0.29, 0.717) is 25.5 Å². The van der Waals surface area contributed by atoms with Crippen LogP contribution in [-0.2, 0) is 24.3 Å². The summed E-state index contributed by atoms with van der Waals surface area (Å²) < 4.78 is 8.89. The normalized spacial score (nSPS) is 17.4. The highest BCUT2D eigenvalue weighted by Gasteiger charge is 2.28. The number of thiophene rings is 1. The number of methoxy groups -OCH3 is 1. The van der Waals surface area contributed by atoms with Crippen molar-refractivity contribution in [2.24, 2.45) is 0 Å². The molecule has 0 radical (unpaired) electrons. The van der Waals surface area contributed by atoms with E-state index in [1.165, 1.54) is 11.9 Å². The van der Waals surface area contributed by atoms with Crippen molar-refractivity contribution in [3.63, 3.8) is 0 Å². The first-order chi connectivity index (χ1) is 18.6. The minimum Gasteiger partial charge on any atom is -0.495 e. The highest BCUT2D eigenvalue weighted by atomic mass is 32.1. The Morgan fingerprint density at radius 1 is 1.11 bits per heavy atom. The first-order valence-electron chi connectivity index (χ1n) is 13.2. The summed E-state index contributed by atoms with van der Waals surface area (Å²) in [6.45, 7) is 9.23. The molecule has 6 rings (SSSR count). The molecule has 0 atom stereocenters. The summed E-state index contributed by atoms with van der Waals surface area (Å²) in [5, 5.41) is 12.2. The first-order valence-corrected chi connectivity index (χ1v) is 14.0. The summed E-state index contributed by atoms with van der Waals surface area (Å²) in [6, 6.07) is 6.61. The maximum absolute atomic E-state index is 12.3. The van der Waals surface area contributed by atoms with E-state index in [1.807, 2.05) is 4.52 Å². The number of benzene rings is 1. The molecule has 0 spiro atoms. The molecule has 10 nitrogen and oxygen atoms in total. The molecule has 4 aromatic rings. The molecule has 200 valence electrons. The Hall–Kier alpha value is -3.25. The average molecular weight is 535 g/mol. The number of nitrogens with one attached hydrogen (secondary N) is 2. The van der Waals surface area contributed by atoms with E-state index in [0.717, 1.165) is 88.7 Å². The number of nitrogens with two attached hydrogens (primary N) is 1. The molecule has 4 N–H and O–H groups in total. The van der Waals surface area contributed by atoms with Crippen LogP contribution in [0.25, 0.3) is 26.0 Å². The van der Waals surface area contributed by atoms with Crippen LogP contribution in [0.5, 0.6) is 5.75 Å². The van der Waals surface area contributed by atoms with Crippen LogP contribution in [-0.4, -0.2) is 83.2 Å². The SMILES string of the molecule is CCc1cc(OC)c2sc(-c3c(CN4CCNC(=O)C4)c(CN4CCNCC4)n4ncnc(N)c34)cc2c1. The summed E-state index contributed by atoms with van der Waals surface area (Å²) in [5.41, 5.74) is 12.0. The zero-order valence-electron chi connectivity index (χ0n) is 21.9. The lowest BCUT2D eigenvalue weighted by Crippen LogP contribution is -2.47. The highest BCUT2D eigenvalue weighted by molar-refractivity contribution is 7.22. The van der Waals surface area contributed by atoms with Gasteiger partial charge in [0.15, 0.2) is 5.82 Å². The van der Waals surface area contributed by atoms with Gasteiger partial charge < -0.3 is 21.1 Å². The van der Waals surface area contributed by atoms with Gasteiger partial charge in [-0.25, -0.2) is 9.50 Å². The molecule has 11 heteroatoms. The average Bonchev–Trinajstić information content (AvgIpc) is 3.48. The lowest BCUT2D eigenvalue weighted by molar-refractivity contribution is -0.124. The first kappa shape index (κ1) is 25.1. The number of hydrogen-bond donors (Lipinski definition) is 3. The van der Waals surface area contributed by atoms with E-state index < -0.39 is 0 Å². The molecule has 3 aromatic heterocycles. The van der Waals surface area contributed by atoms with Crippen molar-refractivity contribution >= 4 is 38.7 Å². The van der Waals surface area contributed by atoms with E-state index in [-0.39, 0.29) is 5.91 Å². The highest BCUT2D eigenvalue weighted by Crippen LogP contribution is 2.44. The third kappa shape index (κ3) is 4.60. The third-order valence-corrected chi connectivity index (χ3v) is 8.74. The number of piperazine rings is 2. The van der Waals surface area contributed by atoms with E-state index in [9.17, 15) is 4.79 Å². The van der Waals surface area contributed by atoms with Crippen molar-refractivity contribution in [1.82, 2.24) is 35.0 Å². The molecule has 0 unspecified atom stereocenters. The van der Waals surface area contributed by atoms with Crippen molar-refractivity contribution in [2.75, 3.05) is 58.7 Å². The van der Waals surface area contributed by atoms with E-state index in [1.54, 1.807) is 18.4 Å². The Morgan fingerprint density at radius 3 is 2.68 bits per heavy atom. The number of anilines is 1. The van der Waals surface area contributed by atoms with Crippen LogP contribution in [0.2, 0.25) is 0 Å². The van der Waals surface area contributed by atoms with Gasteiger partial charge in [-0.2, -0.15) is 5.10 Å². The molecular formula is C27H34N8O2S. The van der Waals surface area contributed by atoms with E-state index in [4.69, 9.17) is 15.6 Å². The Balaban J connectivity index is 1.56. The van der Waals surface area contributed by atoms with Crippen molar-refractivity contribution < 1.29 is 9.53 Å². The molecule has 0 aliphatic carbocycles. The Morgan fingerprint density at radius 2 is 1.92 bits per heavy atom. The summed E-state index contributed by atoms with van der Waals surface area (Å²) >= 11 is 1.71. The van der Waals surface area contributed by atoms with E-state index >= 15 is 0 Å². The third-order valence-electron chi connectivity index (χ3n) is 7.56. The molecule has 1 amide bonds. The number of ether oxygens (including phenoxy) is 1. The number of fused-ring (bicyclic) bond motifs is 2. The van der Waals surface area contributed by atoms with Crippen LogP contribution in [0, 0.1) is 0 Å². The number of carbonyl (C=O) groups excluding carboxylic acids is 1. The maximum Gasteiger partial charge on any atom is 0.234 e. The fourth-order valence-corrected chi connectivity index (χ4v) is 6.82. The number of hydrogen-bond acceptors (Lipinski definition) is 9. The number of nitrogens with zero attached hydrogens (tertiary/aromatic N) is 5. The number of amides is 1. The number of carbonyl (C=O) groups is 1. The number of rotatable bonds is 7. The molecule has 2 aliphatic rings. The number of aryl methyl sites for hydroxylation is 1. The van der Waals surface area contributed by atoms with Gasteiger partial charge in [-0.15, -0.1) is 11.3 Å². The van der Waals surface area contributed by atoms with Crippen molar-refractivity contribution in [3.05, 3.63) is 41.3 Å². The van der Waals surface area contributed by atoms with Gasteiger partial charge in [0.2, 0.25) is 5.91 Å². The molecule has 38 heavy (non-hydrogen) atoms. The summed E-state index contributed by atoms with van der Waals surface area (Å²) in [7, 11) is 1.73. The van der Waals surface area contributed by atoms with E-state index in [2.05, 4.69) is 50.5 Å². The molecule has 2 fully saturated rings. The fraction of sp³-hybridized carbons (Fsp3) is 0.444. The smallest absolute Gasteiger partial charge is 0.234 e. The molecule has 5 heterocycles. The second kappa shape index (κ2) is 10.5.